The molecule has 0 amide bonds. The molecule has 2 fully saturated rings. The normalized spacial score (nSPS) is 32.1. The first kappa shape index (κ1) is 11.8. The van der Waals surface area contributed by atoms with Crippen LogP contribution in [0, 0.1) is 5.92 Å². The maximum Gasteiger partial charge on any atom is 0.308 e. The van der Waals surface area contributed by atoms with Gasteiger partial charge in [-0.3, -0.25) is 9.69 Å². The van der Waals surface area contributed by atoms with Crippen molar-refractivity contribution in [1.82, 2.24) is 4.90 Å². The highest BCUT2D eigenvalue weighted by molar-refractivity contribution is 5.72. The number of ether oxygens (including phenoxy) is 1. The number of hydrogen-bond donors (Lipinski definition) is 0. The molecule has 0 bridgehead atoms. The van der Waals surface area contributed by atoms with Gasteiger partial charge in [0.2, 0.25) is 0 Å². The highest BCUT2D eigenvalue weighted by Crippen LogP contribution is 2.31. The van der Waals surface area contributed by atoms with Gasteiger partial charge in [-0.15, -0.1) is 0 Å². The highest BCUT2D eigenvalue weighted by atomic mass is 19.1. The van der Waals surface area contributed by atoms with Gasteiger partial charge >= 0.3 is 5.97 Å². The van der Waals surface area contributed by atoms with Crippen LogP contribution >= 0.6 is 0 Å². The van der Waals surface area contributed by atoms with Gasteiger partial charge in [-0.2, -0.15) is 0 Å². The van der Waals surface area contributed by atoms with Crippen molar-refractivity contribution in [2.24, 2.45) is 5.92 Å². The predicted molar refractivity (Wildman–Crippen MR) is 58.8 cm³/mol. The van der Waals surface area contributed by atoms with Crippen molar-refractivity contribution in [3.8, 4) is 0 Å². The molecule has 1 saturated carbocycles. The molecule has 4 heteroatoms. The van der Waals surface area contributed by atoms with Crippen molar-refractivity contribution < 1.29 is 13.9 Å². The molecule has 2 rings (SSSR count). The molecule has 1 aliphatic carbocycles. The van der Waals surface area contributed by atoms with Crippen LogP contribution in [0.3, 0.4) is 0 Å². The maximum absolute atomic E-state index is 12.8. The van der Waals surface area contributed by atoms with E-state index in [0.717, 1.165) is 25.7 Å². The van der Waals surface area contributed by atoms with Gasteiger partial charge in [0.1, 0.15) is 6.17 Å². The molecular weight excluding hydrogens is 209 g/mol. The van der Waals surface area contributed by atoms with Gasteiger partial charge in [0.05, 0.1) is 12.5 Å². The number of carbonyl (C=O) groups excluding carboxylic acids is 1. The van der Waals surface area contributed by atoms with E-state index < -0.39 is 6.17 Å². The zero-order valence-corrected chi connectivity index (χ0v) is 9.82. The quantitative estimate of drug-likeness (QED) is 0.691. The Morgan fingerprint density at radius 3 is 2.81 bits per heavy atom. The van der Waals surface area contributed by atoms with Crippen LogP contribution in [-0.2, 0) is 9.53 Å². The van der Waals surface area contributed by atoms with Gasteiger partial charge in [-0.25, -0.2) is 4.39 Å². The van der Waals surface area contributed by atoms with Crippen molar-refractivity contribution in [3.63, 3.8) is 0 Å². The Balaban J connectivity index is 1.82. The van der Waals surface area contributed by atoms with Crippen LogP contribution in [0.15, 0.2) is 0 Å². The highest BCUT2D eigenvalue weighted by Gasteiger charge is 2.37. The van der Waals surface area contributed by atoms with Crippen molar-refractivity contribution in [2.45, 2.75) is 44.8 Å². The molecule has 92 valence electrons. The Morgan fingerprint density at radius 1 is 1.44 bits per heavy atom. The largest absolute Gasteiger partial charge is 0.466 e. The first-order chi connectivity index (χ1) is 7.70. The van der Waals surface area contributed by atoms with Crippen molar-refractivity contribution in [1.29, 1.82) is 0 Å². The Hall–Kier alpha value is -0.640. The molecule has 2 atom stereocenters. The summed E-state index contributed by atoms with van der Waals surface area (Å²) >= 11 is 0. The lowest BCUT2D eigenvalue weighted by molar-refractivity contribution is -0.150. The van der Waals surface area contributed by atoms with Crippen LogP contribution in [0.25, 0.3) is 0 Å². The van der Waals surface area contributed by atoms with E-state index in [2.05, 4.69) is 4.90 Å². The first-order valence-corrected chi connectivity index (χ1v) is 6.25. The molecule has 16 heavy (non-hydrogen) atoms. The predicted octanol–water partition coefficient (Wildman–Crippen LogP) is 1.76. The molecule has 0 aromatic heterocycles. The molecule has 0 radical (unpaired) electrons. The summed E-state index contributed by atoms with van der Waals surface area (Å²) in [5.41, 5.74) is 0. The third kappa shape index (κ3) is 2.54. The van der Waals surface area contributed by atoms with E-state index >= 15 is 0 Å². The summed E-state index contributed by atoms with van der Waals surface area (Å²) in [6.45, 7) is 3.40. The number of carbonyl (C=O) groups is 1. The summed E-state index contributed by atoms with van der Waals surface area (Å²) in [5.74, 6) is -0.0260. The second-order valence-corrected chi connectivity index (χ2v) is 4.82. The monoisotopic (exact) mass is 229 g/mol. The van der Waals surface area contributed by atoms with Gasteiger partial charge in [0, 0.05) is 19.1 Å². The van der Waals surface area contributed by atoms with E-state index in [1.165, 1.54) is 0 Å². The standard InChI is InChI=1S/C12H20FNO2/c1-2-16-12(15)9-4-3-5-11(6-9)14-7-10(13)8-14/h9-11H,2-8H2,1H3. The molecule has 0 N–H and O–H groups in total. The Morgan fingerprint density at radius 2 is 2.19 bits per heavy atom. The number of alkyl halides is 1. The lowest BCUT2D eigenvalue weighted by Gasteiger charge is -2.43. The molecule has 2 unspecified atom stereocenters. The topological polar surface area (TPSA) is 29.5 Å². The van der Waals surface area contributed by atoms with Gasteiger partial charge in [0.15, 0.2) is 0 Å². The lowest BCUT2D eigenvalue weighted by atomic mass is 9.84. The molecule has 2 aliphatic rings. The van der Waals surface area contributed by atoms with Gasteiger partial charge in [-0.1, -0.05) is 6.42 Å². The average molecular weight is 229 g/mol. The number of nitrogens with zero attached hydrogens (tertiary/aromatic N) is 1. The summed E-state index contributed by atoms with van der Waals surface area (Å²) in [6, 6.07) is 0.398. The fourth-order valence-corrected chi connectivity index (χ4v) is 2.72. The van der Waals surface area contributed by atoms with Crippen LogP contribution in [0.4, 0.5) is 4.39 Å². The van der Waals surface area contributed by atoms with Crippen LogP contribution in [0.2, 0.25) is 0 Å². The minimum Gasteiger partial charge on any atom is -0.466 e. The fourth-order valence-electron chi connectivity index (χ4n) is 2.72. The van der Waals surface area contributed by atoms with Gasteiger partial charge < -0.3 is 4.74 Å². The van der Waals surface area contributed by atoms with E-state index in [1.807, 2.05) is 6.92 Å². The van der Waals surface area contributed by atoms with Crippen molar-refractivity contribution in [3.05, 3.63) is 0 Å². The number of halogens is 1. The zero-order chi connectivity index (χ0) is 11.5. The van der Waals surface area contributed by atoms with Crippen LogP contribution in [0.1, 0.15) is 32.6 Å². The number of esters is 1. The Labute approximate surface area is 95.9 Å². The van der Waals surface area contributed by atoms with E-state index in [-0.39, 0.29) is 11.9 Å². The second-order valence-electron chi connectivity index (χ2n) is 4.82. The van der Waals surface area contributed by atoms with Crippen molar-refractivity contribution >= 4 is 5.97 Å². The van der Waals surface area contributed by atoms with Gasteiger partial charge in [-0.05, 0) is 26.2 Å². The lowest BCUT2D eigenvalue weighted by Crippen LogP contribution is -2.55. The third-order valence-electron chi connectivity index (χ3n) is 3.65. The molecule has 1 saturated heterocycles. The molecule has 0 spiro atoms. The molecular formula is C12H20FNO2. The SMILES string of the molecule is CCOC(=O)C1CCCC(N2CC(F)C2)C1. The second kappa shape index (κ2) is 5.13. The van der Waals surface area contributed by atoms with E-state index in [4.69, 9.17) is 4.74 Å². The van der Waals surface area contributed by atoms with Gasteiger partial charge in [0.25, 0.3) is 0 Å². The molecule has 3 nitrogen and oxygen atoms in total. The maximum atomic E-state index is 12.8. The summed E-state index contributed by atoms with van der Waals surface area (Å²) in [6.07, 6.45) is 3.29. The number of likely N-dealkylation sites (tertiary alicyclic amines) is 1. The summed E-state index contributed by atoms with van der Waals surface area (Å²) < 4.78 is 17.8. The molecule has 0 aromatic carbocycles. The van der Waals surface area contributed by atoms with Crippen molar-refractivity contribution in [2.75, 3.05) is 19.7 Å². The summed E-state index contributed by atoms with van der Waals surface area (Å²) in [4.78, 5) is 13.8. The summed E-state index contributed by atoms with van der Waals surface area (Å²) in [7, 11) is 0. The third-order valence-corrected chi connectivity index (χ3v) is 3.65. The number of rotatable bonds is 3. The van der Waals surface area contributed by atoms with E-state index in [9.17, 15) is 9.18 Å². The first-order valence-electron chi connectivity index (χ1n) is 6.25. The average Bonchev–Trinajstić information content (AvgIpc) is 2.25. The molecule has 1 aliphatic heterocycles. The van der Waals surface area contributed by atoms with E-state index in [0.29, 0.717) is 25.7 Å². The summed E-state index contributed by atoms with van der Waals surface area (Å²) in [5, 5.41) is 0. The minimum atomic E-state index is -0.650. The molecule has 1 heterocycles. The Bertz CT molecular complexity index is 253. The van der Waals surface area contributed by atoms with Crippen LogP contribution in [0.5, 0.6) is 0 Å². The zero-order valence-electron chi connectivity index (χ0n) is 9.82. The smallest absolute Gasteiger partial charge is 0.308 e. The Kier molecular flexibility index (Phi) is 3.79. The van der Waals surface area contributed by atoms with Crippen LogP contribution in [-0.4, -0.2) is 42.8 Å². The number of hydrogen-bond acceptors (Lipinski definition) is 3. The van der Waals surface area contributed by atoms with E-state index in [1.54, 1.807) is 0 Å². The van der Waals surface area contributed by atoms with Crippen LogP contribution < -0.4 is 0 Å². The molecule has 0 aromatic rings. The fraction of sp³-hybridized carbons (Fsp3) is 0.917. The minimum absolute atomic E-state index is 0.0392.